The number of hydrogen-bond donors (Lipinski definition) is 0. The lowest BCUT2D eigenvalue weighted by Gasteiger charge is -2.30. The fourth-order valence-corrected chi connectivity index (χ4v) is 13.4. The van der Waals surface area contributed by atoms with Gasteiger partial charge in [-0.25, -0.2) is 4.98 Å². The Balaban J connectivity index is 0.897. The topological polar surface area (TPSA) is 46.8 Å². The molecule has 0 amide bonds. The first-order valence-corrected chi connectivity index (χ1v) is 26.9. The van der Waals surface area contributed by atoms with Crippen LogP contribution in [-0.2, 0) is 16.2 Å². The van der Waals surface area contributed by atoms with Gasteiger partial charge in [-0.3, -0.25) is 4.57 Å². The van der Waals surface area contributed by atoms with E-state index in [1.54, 1.807) is 0 Å². The minimum atomic E-state index is -0.201. The van der Waals surface area contributed by atoms with Crippen LogP contribution >= 0.6 is 0 Å². The van der Waals surface area contributed by atoms with Gasteiger partial charge in [0.25, 0.3) is 0 Å². The third-order valence-electron chi connectivity index (χ3n) is 17.5. The van der Waals surface area contributed by atoms with Crippen LogP contribution in [0.3, 0.4) is 0 Å². The van der Waals surface area contributed by atoms with Crippen LogP contribution in [-0.4, -0.2) is 19.5 Å². The van der Waals surface area contributed by atoms with Crippen molar-refractivity contribution in [1.29, 1.82) is 0 Å². The summed E-state index contributed by atoms with van der Waals surface area (Å²) in [6.07, 6.45) is 0. The highest BCUT2D eigenvalue weighted by Gasteiger charge is 2.39. The monoisotopic (exact) mass is 989 g/mol. The second-order valence-corrected chi connectivity index (χ2v) is 22.9. The minimum Gasteiger partial charge on any atom is -0.310 e. The van der Waals surface area contributed by atoms with Crippen molar-refractivity contribution in [3.8, 4) is 73.2 Å². The molecular formula is C72H55N5. The maximum Gasteiger partial charge on any atom is 0.238 e. The molecule has 10 aromatic carbocycles. The zero-order valence-corrected chi connectivity index (χ0v) is 44.1. The van der Waals surface area contributed by atoms with Crippen molar-refractivity contribution < 1.29 is 0 Å². The molecule has 0 saturated carbocycles. The van der Waals surface area contributed by atoms with Crippen molar-refractivity contribution in [3.05, 3.63) is 258 Å². The van der Waals surface area contributed by atoms with Gasteiger partial charge in [0, 0.05) is 55.2 Å². The number of aromatic nitrogens is 4. The maximum absolute atomic E-state index is 5.31. The second kappa shape index (κ2) is 16.4. The van der Waals surface area contributed by atoms with Crippen molar-refractivity contribution >= 4 is 38.9 Å². The van der Waals surface area contributed by atoms with Gasteiger partial charge in [0.2, 0.25) is 5.95 Å². The number of hydrogen-bond acceptors (Lipinski definition) is 4. The van der Waals surface area contributed by atoms with Gasteiger partial charge in [0.15, 0.2) is 11.6 Å². The lowest BCUT2D eigenvalue weighted by molar-refractivity contribution is 0.660. The smallest absolute Gasteiger partial charge is 0.238 e. The van der Waals surface area contributed by atoms with Gasteiger partial charge in [-0.15, -0.1) is 0 Å². The van der Waals surface area contributed by atoms with Crippen LogP contribution in [0.25, 0.3) is 95.0 Å². The summed E-state index contributed by atoms with van der Waals surface area (Å²) in [7, 11) is 0. The number of benzene rings is 10. The number of nitrogens with zero attached hydrogens (tertiary/aromatic N) is 5. The quantitative estimate of drug-likeness (QED) is 0.160. The highest BCUT2D eigenvalue weighted by atomic mass is 15.2. The maximum atomic E-state index is 5.31. The van der Waals surface area contributed by atoms with Crippen LogP contribution in [0.4, 0.5) is 17.1 Å². The predicted octanol–water partition coefficient (Wildman–Crippen LogP) is 18.4. The molecule has 77 heavy (non-hydrogen) atoms. The minimum absolute atomic E-state index is 0.141. The normalized spacial score (nSPS) is 14.7. The van der Waals surface area contributed by atoms with Crippen molar-refractivity contribution in [2.75, 3.05) is 4.90 Å². The molecule has 2 heterocycles. The van der Waals surface area contributed by atoms with E-state index in [1.165, 1.54) is 66.8 Å². The van der Waals surface area contributed by atoms with Crippen molar-refractivity contribution in [2.24, 2.45) is 0 Å². The molecule has 15 rings (SSSR count). The van der Waals surface area contributed by atoms with E-state index in [0.29, 0.717) is 17.6 Å². The van der Waals surface area contributed by atoms with Gasteiger partial charge in [0.1, 0.15) is 0 Å². The Kier molecular flexibility index (Phi) is 9.63. The van der Waals surface area contributed by atoms with Crippen molar-refractivity contribution in [1.82, 2.24) is 19.5 Å². The van der Waals surface area contributed by atoms with Gasteiger partial charge in [-0.1, -0.05) is 205 Å². The van der Waals surface area contributed by atoms with E-state index in [2.05, 4.69) is 239 Å². The molecule has 368 valence electrons. The van der Waals surface area contributed by atoms with Crippen molar-refractivity contribution in [3.63, 3.8) is 0 Å². The third kappa shape index (κ3) is 6.69. The van der Waals surface area contributed by atoms with Gasteiger partial charge < -0.3 is 4.90 Å². The first-order chi connectivity index (χ1) is 37.4. The summed E-state index contributed by atoms with van der Waals surface area (Å²) in [5, 5.41) is 2.29. The highest BCUT2D eigenvalue weighted by molar-refractivity contribution is 6.12. The molecule has 5 nitrogen and oxygen atoms in total. The fourth-order valence-electron chi connectivity index (χ4n) is 13.4. The summed E-state index contributed by atoms with van der Waals surface area (Å²) >= 11 is 0. The Morgan fingerprint density at radius 1 is 0.299 bits per heavy atom. The Morgan fingerprint density at radius 2 is 0.714 bits per heavy atom. The first-order valence-electron chi connectivity index (χ1n) is 26.9. The van der Waals surface area contributed by atoms with Gasteiger partial charge in [-0.05, 0) is 139 Å². The molecule has 12 aromatic rings. The molecule has 0 unspecified atom stereocenters. The molecule has 0 fully saturated rings. The SMILES string of the molecule is CC1(C)c2ccccc2-c2ccc(N(c3ccc(-c4ccc5c(c4)c4cc6c(cc4n5-c4nc(-c5ccccc5)nc(-c5ccccc5)n4)C(C)(C)c4ccccc4-6)cc3)c3ccc4c(c3)C(C)(C)c3ccccc3-4)cc21. The van der Waals surface area contributed by atoms with E-state index >= 15 is 0 Å². The van der Waals surface area contributed by atoms with Crippen LogP contribution < -0.4 is 4.90 Å². The van der Waals surface area contributed by atoms with Crippen LogP contribution in [0.1, 0.15) is 74.9 Å². The van der Waals surface area contributed by atoms with E-state index in [0.717, 1.165) is 61.1 Å². The molecule has 0 saturated heterocycles. The molecule has 2 aromatic heterocycles. The highest BCUT2D eigenvalue weighted by Crippen LogP contribution is 2.54. The van der Waals surface area contributed by atoms with Gasteiger partial charge in [-0.2, -0.15) is 9.97 Å². The van der Waals surface area contributed by atoms with Crippen LogP contribution in [0, 0.1) is 0 Å². The van der Waals surface area contributed by atoms with E-state index in [-0.39, 0.29) is 16.2 Å². The fraction of sp³-hybridized carbons (Fsp3) is 0.125. The molecule has 3 aliphatic carbocycles. The van der Waals surface area contributed by atoms with E-state index in [9.17, 15) is 0 Å². The largest absolute Gasteiger partial charge is 0.310 e. The van der Waals surface area contributed by atoms with Crippen LogP contribution in [0.5, 0.6) is 0 Å². The third-order valence-corrected chi connectivity index (χ3v) is 17.5. The molecule has 0 atom stereocenters. The number of rotatable bonds is 7. The Morgan fingerprint density at radius 3 is 1.23 bits per heavy atom. The molecule has 0 aliphatic heterocycles. The molecule has 5 heteroatoms. The summed E-state index contributed by atoms with van der Waals surface area (Å²) in [5.74, 6) is 1.85. The molecule has 0 N–H and O–H groups in total. The second-order valence-electron chi connectivity index (χ2n) is 22.9. The van der Waals surface area contributed by atoms with E-state index < -0.39 is 0 Å². The van der Waals surface area contributed by atoms with E-state index in [1.807, 2.05) is 36.4 Å². The number of fused-ring (bicyclic) bond motifs is 12. The average Bonchev–Trinajstić information content (AvgIpc) is 4.29. The molecule has 0 radical (unpaired) electrons. The van der Waals surface area contributed by atoms with Crippen LogP contribution in [0.15, 0.2) is 224 Å². The predicted molar refractivity (Wildman–Crippen MR) is 318 cm³/mol. The summed E-state index contributed by atoms with van der Waals surface area (Å²) in [6, 6.07) is 82.3. The molecule has 0 bridgehead atoms. The molecule has 3 aliphatic rings. The number of anilines is 3. The summed E-state index contributed by atoms with van der Waals surface area (Å²) in [6.45, 7) is 14.2. The standard InChI is InChI=1S/C72H55N5/c1-70(2)59-26-16-13-23-51(59)54-36-34-49(40-62(54)70)76(50-35-37-55-52-24-14-17-27-60(52)71(3,4)63(55)41-50)48-32-29-44(30-33-48)47-31-38-65-57(39-47)58-42-56-53-25-15-18-28-61(53)72(5,6)64(56)43-66(58)77(65)69-74-67(45-19-9-7-10-20-45)73-68(75-69)46-21-11-8-12-22-46/h7-43H,1-6H3. The molecule has 0 spiro atoms. The lowest BCUT2D eigenvalue weighted by Crippen LogP contribution is -2.18. The zero-order valence-electron chi connectivity index (χ0n) is 44.1. The van der Waals surface area contributed by atoms with Crippen LogP contribution in [0.2, 0.25) is 0 Å². The summed E-state index contributed by atoms with van der Waals surface area (Å²) in [5.41, 5.74) is 25.1. The van der Waals surface area contributed by atoms with E-state index in [4.69, 9.17) is 15.0 Å². The summed E-state index contributed by atoms with van der Waals surface area (Å²) < 4.78 is 2.27. The van der Waals surface area contributed by atoms with Gasteiger partial charge in [0.05, 0.1) is 11.0 Å². The molecular weight excluding hydrogens is 935 g/mol. The Bertz CT molecular complexity index is 4240. The summed E-state index contributed by atoms with van der Waals surface area (Å²) in [4.78, 5) is 18.2. The first kappa shape index (κ1) is 45.2. The van der Waals surface area contributed by atoms with Gasteiger partial charge >= 0.3 is 0 Å². The lowest BCUT2D eigenvalue weighted by atomic mass is 9.82. The van der Waals surface area contributed by atoms with Crippen molar-refractivity contribution in [2.45, 2.75) is 57.8 Å². The zero-order chi connectivity index (χ0) is 52.0. The average molecular weight is 990 g/mol. The Labute approximate surface area is 449 Å². The Hall–Kier alpha value is -9.19.